The van der Waals surface area contributed by atoms with Crippen molar-refractivity contribution in [1.29, 1.82) is 5.26 Å². The lowest BCUT2D eigenvalue weighted by atomic mass is 9.84. The van der Waals surface area contributed by atoms with Crippen molar-refractivity contribution in [3.63, 3.8) is 0 Å². The van der Waals surface area contributed by atoms with E-state index in [0.717, 1.165) is 21.4 Å². The normalized spacial score (nSPS) is 16.1. The van der Waals surface area contributed by atoms with Crippen LogP contribution in [0.15, 0.2) is 58.7 Å². The molecule has 4 rings (SSSR count). The molecule has 1 aliphatic rings. The van der Waals surface area contributed by atoms with Crippen molar-refractivity contribution < 1.29 is 4.74 Å². The Balaban J connectivity index is 2.15. The van der Waals surface area contributed by atoms with Crippen molar-refractivity contribution in [1.82, 2.24) is 0 Å². The third-order valence-electron chi connectivity index (χ3n) is 4.26. The predicted molar refractivity (Wildman–Crippen MR) is 104 cm³/mol. The molecule has 128 valence electrons. The largest absolute Gasteiger partial charge is 0.439 e. The van der Waals surface area contributed by atoms with Crippen LogP contribution in [0.3, 0.4) is 0 Å². The van der Waals surface area contributed by atoms with Crippen molar-refractivity contribution >= 4 is 44.6 Å². The Morgan fingerprint density at radius 1 is 1.08 bits per heavy atom. The second-order valence-electron chi connectivity index (χ2n) is 5.69. The fourth-order valence-corrected chi connectivity index (χ4v) is 4.69. The number of ether oxygens (including phenoxy) is 1. The maximum Gasteiger partial charge on any atom is 0.240 e. The van der Waals surface area contributed by atoms with Crippen molar-refractivity contribution in [2.24, 2.45) is 5.73 Å². The lowest BCUT2D eigenvalue weighted by Crippen LogP contribution is -2.26. The molecular formula is C19H10Cl2N2O2S. The Hall–Kier alpha value is -2.52. The number of nitrogens with two attached hydrogens (primary N) is 1. The second-order valence-corrected chi connectivity index (χ2v) is 7.52. The third-order valence-corrected chi connectivity index (χ3v) is 5.90. The molecule has 1 aromatic heterocycles. The molecule has 1 atom stereocenters. The molecule has 3 aromatic rings. The van der Waals surface area contributed by atoms with Crippen LogP contribution in [-0.4, -0.2) is 0 Å². The van der Waals surface area contributed by atoms with Gasteiger partial charge in [0.15, 0.2) is 0 Å². The highest BCUT2D eigenvalue weighted by Crippen LogP contribution is 2.47. The van der Waals surface area contributed by atoms with Gasteiger partial charge >= 0.3 is 0 Å². The zero-order chi connectivity index (χ0) is 18.4. The molecule has 26 heavy (non-hydrogen) atoms. The third kappa shape index (κ3) is 2.46. The van der Waals surface area contributed by atoms with E-state index >= 15 is 0 Å². The summed E-state index contributed by atoms with van der Waals surface area (Å²) >= 11 is 13.8. The number of allylic oxidation sites excluding steroid dienone is 1. The van der Waals surface area contributed by atoms with Crippen LogP contribution in [0.25, 0.3) is 10.1 Å². The first-order valence-corrected chi connectivity index (χ1v) is 9.17. The Labute approximate surface area is 162 Å². The van der Waals surface area contributed by atoms with E-state index in [2.05, 4.69) is 6.07 Å². The molecule has 0 amide bonds. The summed E-state index contributed by atoms with van der Waals surface area (Å²) in [5.41, 5.74) is 6.94. The highest BCUT2D eigenvalue weighted by Gasteiger charge is 2.36. The molecule has 2 N–H and O–H groups in total. The van der Waals surface area contributed by atoms with Crippen LogP contribution in [0.5, 0.6) is 5.75 Å². The lowest BCUT2D eigenvalue weighted by molar-refractivity contribution is 0.398. The molecule has 7 heteroatoms. The van der Waals surface area contributed by atoms with Crippen molar-refractivity contribution in [2.45, 2.75) is 5.92 Å². The van der Waals surface area contributed by atoms with Crippen molar-refractivity contribution in [2.75, 3.05) is 0 Å². The summed E-state index contributed by atoms with van der Waals surface area (Å²) in [6.07, 6.45) is 0. The smallest absolute Gasteiger partial charge is 0.240 e. The molecule has 1 aliphatic heterocycles. The van der Waals surface area contributed by atoms with Crippen LogP contribution in [0.4, 0.5) is 0 Å². The van der Waals surface area contributed by atoms with Crippen LogP contribution in [0, 0.1) is 11.3 Å². The minimum Gasteiger partial charge on any atom is -0.439 e. The second kappa shape index (κ2) is 6.33. The fourth-order valence-electron chi connectivity index (χ4n) is 3.14. The minimum atomic E-state index is -0.779. The molecule has 0 bridgehead atoms. The van der Waals surface area contributed by atoms with E-state index in [-0.39, 0.29) is 16.2 Å². The van der Waals surface area contributed by atoms with Gasteiger partial charge in [-0.3, -0.25) is 4.79 Å². The number of hydrogen-bond donors (Lipinski definition) is 1. The lowest BCUT2D eigenvalue weighted by Gasteiger charge is -2.27. The molecule has 0 spiro atoms. The van der Waals surface area contributed by atoms with E-state index in [0.29, 0.717) is 26.9 Å². The van der Waals surface area contributed by atoms with Gasteiger partial charge < -0.3 is 10.5 Å². The molecule has 0 radical (unpaired) electrons. The first kappa shape index (κ1) is 16.9. The number of nitriles is 1. The summed E-state index contributed by atoms with van der Waals surface area (Å²) in [6, 6.07) is 14.5. The van der Waals surface area contributed by atoms with Gasteiger partial charge in [-0.1, -0.05) is 52.7 Å². The fraction of sp³-hybridized carbons (Fsp3) is 0.0526. The molecule has 4 nitrogen and oxygen atoms in total. The van der Waals surface area contributed by atoms with Gasteiger partial charge in [0.1, 0.15) is 17.4 Å². The van der Waals surface area contributed by atoms with E-state index in [1.165, 1.54) is 0 Å². The minimum absolute atomic E-state index is 0.0539. The topological polar surface area (TPSA) is 76.1 Å². The number of halogens is 2. The molecule has 0 unspecified atom stereocenters. The number of rotatable bonds is 1. The van der Waals surface area contributed by atoms with Gasteiger partial charge in [0.25, 0.3) is 0 Å². The molecule has 0 aliphatic carbocycles. The monoisotopic (exact) mass is 400 g/mol. The molecule has 0 fully saturated rings. The molecular weight excluding hydrogens is 391 g/mol. The van der Waals surface area contributed by atoms with Crippen LogP contribution < -0.4 is 15.2 Å². The molecule has 2 aromatic carbocycles. The first-order chi connectivity index (χ1) is 12.5. The quantitative estimate of drug-likeness (QED) is 0.636. The van der Waals surface area contributed by atoms with Gasteiger partial charge in [0.05, 0.1) is 11.5 Å². The highest BCUT2D eigenvalue weighted by atomic mass is 35.5. The van der Waals surface area contributed by atoms with E-state index in [9.17, 15) is 10.1 Å². The van der Waals surface area contributed by atoms with Crippen LogP contribution in [0.2, 0.25) is 10.0 Å². The molecule has 2 heterocycles. The average molecular weight is 401 g/mol. The van der Waals surface area contributed by atoms with Crippen LogP contribution in [-0.2, 0) is 0 Å². The van der Waals surface area contributed by atoms with Crippen LogP contribution >= 0.6 is 34.5 Å². The Morgan fingerprint density at radius 2 is 1.77 bits per heavy atom. The molecule has 0 saturated carbocycles. The Bertz CT molecular complexity index is 1170. The zero-order valence-electron chi connectivity index (χ0n) is 13.1. The van der Waals surface area contributed by atoms with Gasteiger partial charge in [-0.15, -0.1) is 0 Å². The number of hydrogen-bond acceptors (Lipinski definition) is 5. The summed E-state index contributed by atoms with van der Waals surface area (Å²) in [7, 11) is 0. The number of fused-ring (bicyclic) bond motifs is 3. The van der Waals surface area contributed by atoms with Crippen molar-refractivity contribution in [3.8, 4) is 11.8 Å². The first-order valence-electron chi connectivity index (χ1n) is 7.60. The number of benzene rings is 2. The summed E-state index contributed by atoms with van der Waals surface area (Å²) < 4.78 is 6.27. The Kier molecular flexibility index (Phi) is 4.12. The standard InChI is InChI=1S/C19H10Cl2N2O2S/c20-11-5-3-6-12(21)15(11)14-10(8-22)18(23)25-17-9-4-1-2-7-13(9)26-19(24)16(14)17/h1-7,14H,23H2/t14-/m0/s1. The highest BCUT2D eigenvalue weighted by molar-refractivity contribution is 7.16. The maximum atomic E-state index is 12.9. The van der Waals surface area contributed by atoms with Gasteiger partial charge in [-0.2, -0.15) is 5.26 Å². The van der Waals surface area contributed by atoms with Crippen molar-refractivity contribution in [3.05, 3.63) is 84.6 Å². The van der Waals surface area contributed by atoms with Gasteiger partial charge in [0, 0.05) is 25.7 Å². The van der Waals surface area contributed by atoms with Gasteiger partial charge in [-0.05, 0) is 24.3 Å². The summed E-state index contributed by atoms with van der Waals surface area (Å²) in [4.78, 5) is 12.9. The van der Waals surface area contributed by atoms with E-state index in [1.807, 2.05) is 24.3 Å². The summed E-state index contributed by atoms with van der Waals surface area (Å²) in [5.74, 6) is -0.484. The Morgan fingerprint density at radius 3 is 2.46 bits per heavy atom. The predicted octanol–water partition coefficient (Wildman–Crippen LogP) is 4.79. The zero-order valence-corrected chi connectivity index (χ0v) is 15.5. The molecule has 0 saturated heterocycles. The van der Waals surface area contributed by atoms with E-state index in [4.69, 9.17) is 33.7 Å². The maximum absolute atomic E-state index is 12.9. The van der Waals surface area contributed by atoms with Crippen LogP contribution in [0.1, 0.15) is 17.0 Å². The summed E-state index contributed by atoms with van der Waals surface area (Å²) in [6.45, 7) is 0. The van der Waals surface area contributed by atoms with Gasteiger partial charge in [0.2, 0.25) is 10.6 Å². The van der Waals surface area contributed by atoms with E-state index < -0.39 is 5.92 Å². The average Bonchev–Trinajstić information content (AvgIpc) is 2.61. The van der Waals surface area contributed by atoms with E-state index in [1.54, 1.807) is 18.2 Å². The SMILES string of the molecule is N#CC1=C(N)Oc2c(c(=O)sc3ccccc23)[C@@H]1c1c(Cl)cccc1Cl. The van der Waals surface area contributed by atoms with Gasteiger partial charge in [-0.25, -0.2) is 0 Å². The summed E-state index contributed by atoms with van der Waals surface area (Å²) in [5, 5.41) is 11.1. The number of nitrogens with zero attached hydrogens (tertiary/aromatic N) is 1.